The molecule has 2 fully saturated rings. The Morgan fingerprint density at radius 1 is 0.969 bits per heavy atom. The molecule has 2 aliphatic heterocycles. The zero-order valence-electron chi connectivity index (χ0n) is 18.3. The zero-order valence-corrected chi connectivity index (χ0v) is 19.1. The van der Waals surface area contributed by atoms with Crippen LogP contribution in [0.25, 0.3) is 0 Å². The molecule has 2 heterocycles. The zero-order chi connectivity index (χ0) is 22.4. The maximum Gasteiger partial charge on any atom is 0.243 e. The van der Waals surface area contributed by atoms with Gasteiger partial charge in [0, 0.05) is 39.3 Å². The Morgan fingerprint density at radius 3 is 2.41 bits per heavy atom. The molecule has 2 aromatic rings. The molecule has 2 aliphatic rings. The molecule has 0 saturated carbocycles. The lowest BCUT2D eigenvalue weighted by molar-refractivity contribution is -0.126. The third-order valence-corrected chi connectivity index (χ3v) is 8.08. The largest absolute Gasteiger partial charge is 0.379 e. The number of sulfonamides is 1. The molecule has 1 unspecified atom stereocenters. The van der Waals surface area contributed by atoms with Crippen LogP contribution in [0.5, 0.6) is 0 Å². The molecule has 0 radical (unpaired) electrons. The van der Waals surface area contributed by atoms with Crippen molar-refractivity contribution in [3.8, 4) is 0 Å². The molecule has 172 valence electrons. The molecule has 4 rings (SSSR count). The third-order valence-electron chi connectivity index (χ3n) is 6.21. The second-order valence-corrected chi connectivity index (χ2v) is 10.3. The van der Waals surface area contributed by atoms with Crippen LogP contribution in [0.2, 0.25) is 0 Å². The highest BCUT2D eigenvalue weighted by Crippen LogP contribution is 2.24. The number of benzene rings is 2. The second-order valence-electron chi connectivity index (χ2n) is 8.39. The fraction of sp³-hybridized carbons (Fsp3) is 0.458. The van der Waals surface area contributed by atoms with Crippen LogP contribution in [0.4, 0.5) is 0 Å². The average Bonchev–Trinajstić information content (AvgIpc) is 2.84. The van der Waals surface area contributed by atoms with E-state index in [1.807, 2.05) is 18.2 Å². The Bertz CT molecular complexity index is 1010. The summed E-state index contributed by atoms with van der Waals surface area (Å²) in [6, 6.07) is 16.6. The van der Waals surface area contributed by atoms with Crippen molar-refractivity contribution in [2.75, 3.05) is 39.4 Å². The van der Waals surface area contributed by atoms with Gasteiger partial charge in [-0.3, -0.25) is 9.69 Å². The summed E-state index contributed by atoms with van der Waals surface area (Å²) in [5.41, 5.74) is 2.29. The van der Waals surface area contributed by atoms with Crippen LogP contribution in [0.1, 0.15) is 24.0 Å². The van der Waals surface area contributed by atoms with Crippen LogP contribution in [-0.4, -0.2) is 62.9 Å². The lowest BCUT2D eigenvalue weighted by atomic mass is 9.98. The number of carbonyl (C=O) groups excluding carboxylic acids is 1. The summed E-state index contributed by atoms with van der Waals surface area (Å²) in [5.74, 6) is -0.423. The van der Waals surface area contributed by atoms with Gasteiger partial charge in [0.2, 0.25) is 15.9 Å². The normalized spacial score (nSPS) is 20.7. The van der Waals surface area contributed by atoms with E-state index in [0.717, 1.165) is 38.4 Å². The van der Waals surface area contributed by atoms with Crippen LogP contribution in [0, 0.1) is 5.92 Å². The molecule has 0 bridgehead atoms. The standard InChI is InChI=1S/C24H31N3O4S/c28-24(22-9-6-12-27(19-22)32(29,30)23-10-2-1-3-11-23)25-17-20-7-4-5-8-21(20)18-26-13-15-31-16-14-26/h1-5,7-8,10-11,22H,6,9,12-19H2,(H,25,28). The highest BCUT2D eigenvalue weighted by Gasteiger charge is 2.33. The smallest absolute Gasteiger partial charge is 0.243 e. The van der Waals surface area contributed by atoms with Crippen LogP contribution in [-0.2, 0) is 32.6 Å². The first-order chi connectivity index (χ1) is 15.5. The van der Waals surface area contributed by atoms with Crippen molar-refractivity contribution in [2.24, 2.45) is 5.92 Å². The predicted octanol–water partition coefficient (Wildman–Crippen LogP) is 2.24. The van der Waals surface area contributed by atoms with E-state index in [2.05, 4.69) is 16.3 Å². The molecule has 32 heavy (non-hydrogen) atoms. The minimum absolute atomic E-state index is 0.0841. The number of nitrogens with zero attached hydrogens (tertiary/aromatic N) is 2. The molecule has 0 aliphatic carbocycles. The number of hydrogen-bond donors (Lipinski definition) is 1. The van der Waals surface area contributed by atoms with E-state index in [4.69, 9.17) is 4.74 Å². The Labute approximate surface area is 190 Å². The van der Waals surface area contributed by atoms with E-state index in [1.165, 1.54) is 9.87 Å². The first-order valence-electron chi connectivity index (χ1n) is 11.2. The van der Waals surface area contributed by atoms with Gasteiger partial charge >= 0.3 is 0 Å². The van der Waals surface area contributed by atoms with Gasteiger partial charge in [-0.2, -0.15) is 4.31 Å². The minimum atomic E-state index is -3.58. The number of amides is 1. The van der Waals surface area contributed by atoms with Crippen LogP contribution < -0.4 is 5.32 Å². The Balaban J connectivity index is 1.36. The van der Waals surface area contributed by atoms with Crippen molar-refractivity contribution in [3.05, 3.63) is 65.7 Å². The molecule has 1 atom stereocenters. The quantitative estimate of drug-likeness (QED) is 0.690. The van der Waals surface area contributed by atoms with Gasteiger partial charge in [0.1, 0.15) is 0 Å². The molecule has 2 aromatic carbocycles. The van der Waals surface area contributed by atoms with Crippen LogP contribution in [0.15, 0.2) is 59.5 Å². The summed E-state index contributed by atoms with van der Waals surface area (Å²) in [5, 5.41) is 3.05. The Morgan fingerprint density at radius 2 is 1.66 bits per heavy atom. The first-order valence-corrected chi connectivity index (χ1v) is 12.7. The van der Waals surface area contributed by atoms with Crippen molar-refractivity contribution < 1.29 is 17.9 Å². The van der Waals surface area contributed by atoms with Crippen molar-refractivity contribution in [3.63, 3.8) is 0 Å². The van der Waals surface area contributed by atoms with E-state index in [0.29, 0.717) is 25.9 Å². The highest BCUT2D eigenvalue weighted by atomic mass is 32.2. The van der Waals surface area contributed by atoms with Crippen LogP contribution in [0.3, 0.4) is 0 Å². The lowest BCUT2D eigenvalue weighted by Crippen LogP contribution is -2.45. The molecule has 0 aromatic heterocycles. The number of nitrogens with one attached hydrogen (secondary N) is 1. The van der Waals surface area contributed by atoms with Crippen LogP contribution >= 0.6 is 0 Å². The van der Waals surface area contributed by atoms with E-state index in [9.17, 15) is 13.2 Å². The number of piperidine rings is 1. The molecule has 1 N–H and O–H groups in total. The van der Waals surface area contributed by atoms with E-state index >= 15 is 0 Å². The van der Waals surface area contributed by atoms with Crippen molar-refractivity contribution >= 4 is 15.9 Å². The predicted molar refractivity (Wildman–Crippen MR) is 122 cm³/mol. The van der Waals surface area contributed by atoms with Gasteiger partial charge in [-0.15, -0.1) is 0 Å². The Hall–Kier alpha value is -2.26. The average molecular weight is 458 g/mol. The van der Waals surface area contributed by atoms with Crippen molar-refractivity contribution in [1.82, 2.24) is 14.5 Å². The van der Waals surface area contributed by atoms with Crippen molar-refractivity contribution in [1.29, 1.82) is 0 Å². The number of ether oxygens (including phenoxy) is 1. The third kappa shape index (κ3) is 5.56. The van der Waals surface area contributed by atoms with E-state index in [1.54, 1.807) is 30.3 Å². The van der Waals surface area contributed by atoms with Gasteiger partial charge in [-0.05, 0) is 36.1 Å². The lowest BCUT2D eigenvalue weighted by Gasteiger charge is -2.31. The summed E-state index contributed by atoms with van der Waals surface area (Å²) in [7, 11) is -3.58. The Kier molecular flexibility index (Phi) is 7.57. The molecule has 8 heteroatoms. The van der Waals surface area contributed by atoms with Gasteiger partial charge in [0.15, 0.2) is 0 Å². The molecule has 0 spiro atoms. The monoisotopic (exact) mass is 457 g/mol. The molecule has 7 nitrogen and oxygen atoms in total. The minimum Gasteiger partial charge on any atom is -0.379 e. The summed E-state index contributed by atoms with van der Waals surface area (Å²) in [6.07, 6.45) is 1.37. The van der Waals surface area contributed by atoms with Gasteiger partial charge in [0.25, 0.3) is 0 Å². The summed E-state index contributed by atoms with van der Waals surface area (Å²) in [4.78, 5) is 15.6. The molecule has 1 amide bonds. The SMILES string of the molecule is O=C(NCc1ccccc1CN1CCOCC1)C1CCCN(S(=O)(=O)c2ccccc2)C1. The van der Waals surface area contributed by atoms with Gasteiger partial charge in [-0.25, -0.2) is 8.42 Å². The van der Waals surface area contributed by atoms with Crippen molar-refractivity contribution in [2.45, 2.75) is 30.8 Å². The van der Waals surface area contributed by atoms with Gasteiger partial charge in [-0.1, -0.05) is 42.5 Å². The molecular weight excluding hydrogens is 426 g/mol. The first kappa shape index (κ1) is 22.9. The maximum absolute atomic E-state index is 12.9. The number of carbonyl (C=O) groups is 1. The molecule has 2 saturated heterocycles. The number of morpholine rings is 1. The fourth-order valence-electron chi connectivity index (χ4n) is 4.33. The maximum atomic E-state index is 12.9. The topological polar surface area (TPSA) is 79.0 Å². The number of hydrogen-bond acceptors (Lipinski definition) is 5. The van der Waals surface area contributed by atoms with Gasteiger partial charge in [0.05, 0.1) is 24.0 Å². The van der Waals surface area contributed by atoms with Gasteiger partial charge < -0.3 is 10.1 Å². The summed E-state index contributed by atoms with van der Waals surface area (Å²) < 4.78 is 32.8. The fourth-order valence-corrected chi connectivity index (χ4v) is 5.87. The van der Waals surface area contributed by atoms with E-state index in [-0.39, 0.29) is 23.3 Å². The summed E-state index contributed by atoms with van der Waals surface area (Å²) >= 11 is 0. The summed E-state index contributed by atoms with van der Waals surface area (Å²) in [6.45, 7) is 5.28. The number of rotatable bonds is 7. The molecular formula is C24H31N3O4S. The highest BCUT2D eigenvalue weighted by molar-refractivity contribution is 7.89. The second kappa shape index (κ2) is 10.6. The van der Waals surface area contributed by atoms with E-state index < -0.39 is 10.0 Å².